The lowest BCUT2D eigenvalue weighted by molar-refractivity contribution is 0.0726. The fourth-order valence-corrected chi connectivity index (χ4v) is 3.42. The van der Waals surface area contributed by atoms with Gasteiger partial charge < -0.3 is 14.2 Å². The number of fused-ring (bicyclic) bond motifs is 1. The summed E-state index contributed by atoms with van der Waals surface area (Å²) >= 11 is 0. The molecule has 4 aromatic carbocycles. The maximum absolute atomic E-state index is 12.6. The van der Waals surface area contributed by atoms with E-state index in [9.17, 15) is 4.79 Å². The first-order valence-electron chi connectivity index (χ1n) is 9.88. The van der Waals surface area contributed by atoms with Gasteiger partial charge in [-0.25, -0.2) is 4.79 Å². The molecular weight excluding hydrogens is 388 g/mol. The third-order valence-corrected chi connectivity index (χ3v) is 5.00. The summed E-state index contributed by atoms with van der Waals surface area (Å²) < 4.78 is 16.3. The topological polar surface area (TPSA) is 44.8 Å². The summed E-state index contributed by atoms with van der Waals surface area (Å²) in [5.41, 5.74) is 2.41. The Bertz CT molecular complexity index is 1250. The van der Waals surface area contributed by atoms with Crippen molar-refractivity contribution in [3.8, 4) is 17.2 Å². The molecule has 0 spiro atoms. The van der Waals surface area contributed by atoms with Crippen LogP contribution in [0.1, 0.15) is 21.5 Å². The molecule has 0 unspecified atom stereocenters. The summed E-state index contributed by atoms with van der Waals surface area (Å²) in [7, 11) is 3.07. The van der Waals surface area contributed by atoms with Gasteiger partial charge in [0.15, 0.2) is 11.5 Å². The Labute approximate surface area is 181 Å². The van der Waals surface area contributed by atoms with Gasteiger partial charge in [0.05, 0.1) is 14.2 Å². The Kier molecular flexibility index (Phi) is 5.99. The summed E-state index contributed by atoms with van der Waals surface area (Å²) in [6, 6.07) is 26.9. The molecule has 0 aliphatic rings. The normalized spacial score (nSPS) is 10.9. The minimum Gasteiger partial charge on any atom is -0.496 e. The van der Waals surface area contributed by atoms with E-state index in [1.807, 2.05) is 36.4 Å². The van der Waals surface area contributed by atoms with Crippen molar-refractivity contribution < 1.29 is 19.0 Å². The number of hydrogen-bond acceptors (Lipinski definition) is 4. The highest BCUT2D eigenvalue weighted by Crippen LogP contribution is 2.31. The van der Waals surface area contributed by atoms with Crippen LogP contribution in [0.3, 0.4) is 0 Å². The van der Waals surface area contributed by atoms with Gasteiger partial charge in [-0.3, -0.25) is 0 Å². The summed E-state index contributed by atoms with van der Waals surface area (Å²) in [6.07, 6.45) is 4.08. The Morgan fingerprint density at radius 3 is 2.29 bits per heavy atom. The van der Waals surface area contributed by atoms with Crippen LogP contribution in [0.25, 0.3) is 22.9 Å². The molecule has 0 fully saturated rings. The van der Waals surface area contributed by atoms with Crippen LogP contribution < -0.4 is 14.2 Å². The number of rotatable bonds is 6. The molecule has 0 aromatic heterocycles. The number of benzene rings is 4. The van der Waals surface area contributed by atoms with Gasteiger partial charge >= 0.3 is 5.97 Å². The molecule has 4 heteroatoms. The van der Waals surface area contributed by atoms with Gasteiger partial charge in [-0.15, -0.1) is 0 Å². The van der Waals surface area contributed by atoms with E-state index in [4.69, 9.17) is 14.2 Å². The first-order valence-corrected chi connectivity index (χ1v) is 9.88. The fourth-order valence-electron chi connectivity index (χ4n) is 3.42. The number of carbonyl (C=O) groups is 1. The number of esters is 1. The zero-order chi connectivity index (χ0) is 21.6. The van der Waals surface area contributed by atoms with Crippen LogP contribution in [-0.2, 0) is 0 Å². The SMILES string of the molecule is COc1cc(/C=C/c2cccc3ccccc23)ccc1OC(=O)c1ccccc1OC. The van der Waals surface area contributed by atoms with Crippen LogP contribution in [0.4, 0.5) is 0 Å². The van der Waals surface area contributed by atoms with Crippen LogP contribution in [0.15, 0.2) is 84.9 Å². The molecule has 0 atom stereocenters. The van der Waals surface area contributed by atoms with E-state index in [0.717, 1.165) is 11.1 Å². The number of carbonyl (C=O) groups excluding carboxylic acids is 1. The summed E-state index contributed by atoms with van der Waals surface area (Å²) in [6.45, 7) is 0. The van der Waals surface area contributed by atoms with Crippen LogP contribution in [-0.4, -0.2) is 20.2 Å². The number of ether oxygens (including phenoxy) is 3. The second-order valence-corrected chi connectivity index (χ2v) is 6.90. The minimum atomic E-state index is -0.505. The van der Waals surface area contributed by atoms with E-state index in [1.54, 1.807) is 37.4 Å². The van der Waals surface area contributed by atoms with E-state index in [2.05, 4.69) is 30.3 Å². The highest BCUT2D eigenvalue weighted by molar-refractivity contribution is 5.95. The molecule has 0 aliphatic heterocycles. The van der Waals surface area contributed by atoms with Gasteiger partial charge in [-0.05, 0) is 46.2 Å². The largest absolute Gasteiger partial charge is 0.496 e. The molecule has 0 saturated carbocycles. The lowest BCUT2D eigenvalue weighted by Gasteiger charge is -2.11. The van der Waals surface area contributed by atoms with Crippen molar-refractivity contribution in [3.05, 3.63) is 102 Å². The predicted molar refractivity (Wildman–Crippen MR) is 124 cm³/mol. The van der Waals surface area contributed by atoms with E-state index < -0.39 is 5.97 Å². The van der Waals surface area contributed by atoms with Gasteiger partial charge in [0.25, 0.3) is 0 Å². The predicted octanol–water partition coefficient (Wildman–Crippen LogP) is 6.25. The fraction of sp³-hybridized carbons (Fsp3) is 0.0741. The second-order valence-electron chi connectivity index (χ2n) is 6.90. The molecule has 0 bridgehead atoms. The van der Waals surface area contributed by atoms with Crippen molar-refractivity contribution in [1.82, 2.24) is 0 Å². The average molecular weight is 410 g/mol. The molecule has 0 radical (unpaired) electrons. The lowest BCUT2D eigenvalue weighted by Crippen LogP contribution is -2.10. The third kappa shape index (κ3) is 4.43. The standard InChI is InChI=1S/C27H22O4/c1-29-24-13-6-5-12-23(24)27(28)31-25-17-15-19(18-26(25)30-2)14-16-21-10-7-9-20-8-3-4-11-22(20)21/h3-18H,1-2H3/b16-14+. The molecular formula is C27H22O4. The van der Waals surface area contributed by atoms with Crippen LogP contribution in [0, 0.1) is 0 Å². The first kappa shape index (κ1) is 20.2. The molecule has 4 aromatic rings. The van der Waals surface area contributed by atoms with E-state index in [0.29, 0.717) is 22.8 Å². The number of hydrogen-bond donors (Lipinski definition) is 0. The molecule has 0 amide bonds. The molecule has 0 saturated heterocycles. The van der Waals surface area contributed by atoms with Gasteiger partial charge in [-0.2, -0.15) is 0 Å². The van der Waals surface area contributed by atoms with E-state index >= 15 is 0 Å². The van der Waals surface area contributed by atoms with Crippen molar-refractivity contribution in [2.45, 2.75) is 0 Å². The molecule has 4 nitrogen and oxygen atoms in total. The molecule has 154 valence electrons. The Balaban J connectivity index is 1.58. The maximum Gasteiger partial charge on any atom is 0.347 e. The van der Waals surface area contributed by atoms with Crippen molar-refractivity contribution >= 4 is 28.9 Å². The molecule has 0 N–H and O–H groups in total. The summed E-state index contributed by atoms with van der Waals surface area (Å²) in [5.74, 6) is 0.778. The molecule has 4 rings (SSSR count). The average Bonchev–Trinajstić information content (AvgIpc) is 2.83. The first-order chi connectivity index (χ1) is 15.2. The molecule has 0 aliphatic carbocycles. The second kappa shape index (κ2) is 9.18. The van der Waals surface area contributed by atoms with Gasteiger partial charge in [0, 0.05) is 0 Å². The Hall–Kier alpha value is -4.05. The van der Waals surface area contributed by atoms with Gasteiger partial charge in [-0.1, -0.05) is 72.8 Å². The smallest absolute Gasteiger partial charge is 0.347 e. The molecule has 0 heterocycles. The third-order valence-electron chi connectivity index (χ3n) is 5.00. The van der Waals surface area contributed by atoms with Crippen molar-refractivity contribution in [3.63, 3.8) is 0 Å². The van der Waals surface area contributed by atoms with Crippen molar-refractivity contribution in [2.24, 2.45) is 0 Å². The lowest BCUT2D eigenvalue weighted by atomic mass is 10.0. The summed E-state index contributed by atoms with van der Waals surface area (Å²) in [5, 5.41) is 2.39. The Morgan fingerprint density at radius 1 is 0.710 bits per heavy atom. The van der Waals surface area contributed by atoms with Gasteiger partial charge in [0.2, 0.25) is 0 Å². The maximum atomic E-state index is 12.6. The van der Waals surface area contributed by atoms with Crippen molar-refractivity contribution in [1.29, 1.82) is 0 Å². The Morgan fingerprint density at radius 2 is 1.45 bits per heavy atom. The quantitative estimate of drug-likeness (QED) is 0.214. The minimum absolute atomic E-state index is 0.348. The highest BCUT2D eigenvalue weighted by Gasteiger charge is 2.16. The van der Waals surface area contributed by atoms with Crippen LogP contribution in [0.2, 0.25) is 0 Å². The number of para-hydroxylation sites is 1. The molecule has 31 heavy (non-hydrogen) atoms. The number of methoxy groups -OCH3 is 2. The monoisotopic (exact) mass is 410 g/mol. The van der Waals surface area contributed by atoms with E-state index in [1.165, 1.54) is 17.9 Å². The zero-order valence-electron chi connectivity index (χ0n) is 17.4. The van der Waals surface area contributed by atoms with Crippen molar-refractivity contribution in [2.75, 3.05) is 14.2 Å². The summed E-state index contributed by atoms with van der Waals surface area (Å²) in [4.78, 5) is 12.6. The van der Waals surface area contributed by atoms with Gasteiger partial charge in [0.1, 0.15) is 11.3 Å². The van der Waals surface area contributed by atoms with Crippen LogP contribution >= 0.6 is 0 Å². The highest BCUT2D eigenvalue weighted by atomic mass is 16.6. The zero-order valence-corrected chi connectivity index (χ0v) is 17.4. The van der Waals surface area contributed by atoms with E-state index in [-0.39, 0.29) is 0 Å². The van der Waals surface area contributed by atoms with Crippen LogP contribution in [0.5, 0.6) is 17.2 Å².